The number of alkyl halides is 3. The highest BCUT2D eigenvalue weighted by molar-refractivity contribution is 6.43. The first kappa shape index (κ1) is 18.8. The quantitative estimate of drug-likeness (QED) is 0.472. The third kappa shape index (κ3) is 4.20. The highest BCUT2D eigenvalue weighted by Gasteiger charge is 2.30. The topological polar surface area (TPSA) is 37.8 Å². The van der Waals surface area contributed by atoms with E-state index in [1.54, 1.807) is 18.2 Å². The van der Waals surface area contributed by atoms with Gasteiger partial charge in [0.2, 0.25) is 0 Å². The molecule has 0 radical (unpaired) electrons. The molecule has 0 unspecified atom stereocenters. The van der Waals surface area contributed by atoms with Crippen LogP contribution in [-0.4, -0.2) is 9.97 Å². The van der Waals surface area contributed by atoms with Crippen LogP contribution in [-0.2, 0) is 6.18 Å². The molecule has 0 aliphatic carbocycles. The van der Waals surface area contributed by atoms with Gasteiger partial charge in [-0.05, 0) is 24.3 Å². The van der Waals surface area contributed by atoms with E-state index in [1.165, 1.54) is 18.2 Å². The molecule has 3 aromatic rings. The Morgan fingerprint density at radius 2 is 1.58 bits per heavy atom. The Morgan fingerprint density at radius 3 is 2.23 bits per heavy atom. The molecule has 134 valence electrons. The van der Waals surface area contributed by atoms with Gasteiger partial charge in [0.1, 0.15) is 11.0 Å². The zero-order valence-electron chi connectivity index (χ0n) is 12.8. The minimum absolute atomic E-state index is 0.121. The van der Waals surface area contributed by atoms with Crippen LogP contribution in [0.3, 0.4) is 0 Å². The number of hydrogen-bond donors (Lipinski definition) is 1. The largest absolute Gasteiger partial charge is 0.416 e. The molecule has 0 saturated carbocycles. The number of nitrogens with zero attached hydrogens (tertiary/aromatic N) is 2. The van der Waals surface area contributed by atoms with Gasteiger partial charge in [-0.1, -0.05) is 53.0 Å². The van der Waals surface area contributed by atoms with E-state index in [4.69, 9.17) is 34.8 Å². The van der Waals surface area contributed by atoms with Gasteiger partial charge in [-0.3, -0.25) is 0 Å². The molecular weight excluding hydrogens is 410 g/mol. The van der Waals surface area contributed by atoms with Gasteiger partial charge in [0.05, 0.1) is 21.3 Å². The fourth-order valence-electron chi connectivity index (χ4n) is 2.16. The van der Waals surface area contributed by atoms with E-state index in [0.29, 0.717) is 27.1 Å². The fourth-order valence-corrected chi connectivity index (χ4v) is 2.69. The van der Waals surface area contributed by atoms with Crippen LogP contribution >= 0.6 is 34.8 Å². The summed E-state index contributed by atoms with van der Waals surface area (Å²) in [6.07, 6.45) is -4.41. The number of anilines is 2. The van der Waals surface area contributed by atoms with Crippen molar-refractivity contribution in [3.05, 3.63) is 69.3 Å². The van der Waals surface area contributed by atoms with E-state index < -0.39 is 11.7 Å². The molecule has 1 aromatic heterocycles. The number of nitrogens with one attached hydrogen (secondary N) is 1. The standard InChI is InChI=1S/C17H9Cl3F3N3/c18-11-2-1-3-12(15(11)20)24-14-8-13(19)25-16(26-14)9-4-6-10(7-5-9)17(21,22)23/h1-8H,(H,24,25,26). The fraction of sp³-hybridized carbons (Fsp3) is 0.0588. The molecule has 0 amide bonds. The number of benzene rings is 2. The summed E-state index contributed by atoms with van der Waals surface area (Å²) in [5.74, 6) is 0.496. The third-order valence-corrected chi connectivity index (χ3v) is 4.39. The maximum absolute atomic E-state index is 12.7. The second-order valence-corrected chi connectivity index (χ2v) is 6.37. The zero-order valence-corrected chi connectivity index (χ0v) is 15.0. The van der Waals surface area contributed by atoms with Gasteiger partial charge in [-0.2, -0.15) is 13.2 Å². The smallest absolute Gasteiger partial charge is 0.339 e. The Labute approximate surface area is 161 Å². The number of rotatable bonds is 3. The van der Waals surface area contributed by atoms with E-state index in [-0.39, 0.29) is 11.0 Å². The Bertz CT molecular complexity index is 944. The summed E-state index contributed by atoms with van der Waals surface area (Å²) in [4.78, 5) is 8.32. The average Bonchev–Trinajstić information content (AvgIpc) is 2.58. The molecule has 0 saturated heterocycles. The van der Waals surface area contributed by atoms with Crippen molar-refractivity contribution >= 4 is 46.3 Å². The summed E-state index contributed by atoms with van der Waals surface area (Å²) >= 11 is 18.1. The first-order valence-corrected chi connectivity index (χ1v) is 8.30. The zero-order chi connectivity index (χ0) is 18.9. The summed E-state index contributed by atoms with van der Waals surface area (Å²) in [7, 11) is 0. The summed E-state index contributed by atoms with van der Waals surface area (Å²) < 4.78 is 38.0. The van der Waals surface area contributed by atoms with Crippen molar-refractivity contribution in [2.24, 2.45) is 0 Å². The van der Waals surface area contributed by atoms with Crippen molar-refractivity contribution < 1.29 is 13.2 Å². The van der Waals surface area contributed by atoms with Crippen molar-refractivity contribution in [3.63, 3.8) is 0 Å². The molecule has 0 aliphatic heterocycles. The first-order chi connectivity index (χ1) is 12.2. The molecule has 0 atom stereocenters. The van der Waals surface area contributed by atoms with Gasteiger partial charge in [0.25, 0.3) is 0 Å². The molecule has 26 heavy (non-hydrogen) atoms. The first-order valence-electron chi connectivity index (χ1n) is 7.17. The van der Waals surface area contributed by atoms with Crippen molar-refractivity contribution in [2.45, 2.75) is 6.18 Å². The number of hydrogen-bond acceptors (Lipinski definition) is 3. The van der Waals surface area contributed by atoms with Crippen LogP contribution in [0.25, 0.3) is 11.4 Å². The molecule has 0 aliphatic rings. The lowest BCUT2D eigenvalue weighted by molar-refractivity contribution is -0.137. The third-order valence-electron chi connectivity index (χ3n) is 3.38. The molecule has 2 aromatic carbocycles. The van der Waals surface area contributed by atoms with Gasteiger partial charge >= 0.3 is 6.18 Å². The summed E-state index contributed by atoms with van der Waals surface area (Å²) in [6.45, 7) is 0. The Hall–Kier alpha value is -2.02. The SMILES string of the molecule is FC(F)(F)c1ccc(-c2nc(Cl)cc(Nc3cccc(Cl)c3Cl)n2)cc1. The predicted molar refractivity (Wildman–Crippen MR) is 97.2 cm³/mol. The van der Waals surface area contributed by atoms with Gasteiger partial charge in [0, 0.05) is 11.6 Å². The minimum atomic E-state index is -4.41. The predicted octanol–water partition coefficient (Wildman–Crippen LogP) is 6.87. The van der Waals surface area contributed by atoms with E-state index in [0.717, 1.165) is 12.1 Å². The maximum Gasteiger partial charge on any atom is 0.416 e. The van der Waals surface area contributed by atoms with Gasteiger partial charge in [0.15, 0.2) is 5.82 Å². The van der Waals surface area contributed by atoms with Crippen LogP contribution in [0.1, 0.15) is 5.56 Å². The van der Waals surface area contributed by atoms with Gasteiger partial charge in [-0.25, -0.2) is 9.97 Å². The van der Waals surface area contributed by atoms with Crippen molar-refractivity contribution in [3.8, 4) is 11.4 Å². The Kier molecular flexibility index (Phi) is 5.27. The van der Waals surface area contributed by atoms with Gasteiger partial charge < -0.3 is 5.32 Å². The molecular formula is C17H9Cl3F3N3. The average molecular weight is 419 g/mol. The molecule has 0 bridgehead atoms. The van der Waals surface area contributed by atoms with Gasteiger partial charge in [-0.15, -0.1) is 0 Å². The molecule has 9 heteroatoms. The summed E-state index contributed by atoms with van der Waals surface area (Å²) in [5.41, 5.74) is 0.139. The van der Waals surface area contributed by atoms with Crippen LogP contribution < -0.4 is 5.32 Å². The maximum atomic E-state index is 12.7. The monoisotopic (exact) mass is 417 g/mol. The van der Waals surface area contributed by atoms with Crippen LogP contribution in [0, 0.1) is 0 Å². The summed E-state index contributed by atoms with van der Waals surface area (Å²) in [6, 6.07) is 11.0. The van der Waals surface area contributed by atoms with Crippen LogP contribution in [0.4, 0.5) is 24.7 Å². The lowest BCUT2D eigenvalue weighted by atomic mass is 10.1. The Morgan fingerprint density at radius 1 is 0.885 bits per heavy atom. The van der Waals surface area contributed by atoms with E-state index >= 15 is 0 Å². The van der Waals surface area contributed by atoms with E-state index in [1.807, 2.05) is 0 Å². The van der Waals surface area contributed by atoms with E-state index in [9.17, 15) is 13.2 Å². The molecule has 0 fully saturated rings. The van der Waals surface area contributed by atoms with Crippen molar-refractivity contribution in [2.75, 3.05) is 5.32 Å². The van der Waals surface area contributed by atoms with Crippen LogP contribution in [0.5, 0.6) is 0 Å². The number of aromatic nitrogens is 2. The number of halogens is 6. The summed E-state index contributed by atoms with van der Waals surface area (Å²) in [5, 5.41) is 3.76. The minimum Gasteiger partial charge on any atom is -0.339 e. The lowest BCUT2D eigenvalue weighted by Gasteiger charge is -2.11. The van der Waals surface area contributed by atoms with Crippen LogP contribution in [0.15, 0.2) is 48.5 Å². The lowest BCUT2D eigenvalue weighted by Crippen LogP contribution is -2.04. The second kappa shape index (κ2) is 7.31. The Balaban J connectivity index is 1.94. The highest BCUT2D eigenvalue weighted by atomic mass is 35.5. The molecule has 1 N–H and O–H groups in total. The molecule has 3 nitrogen and oxygen atoms in total. The highest BCUT2D eigenvalue weighted by Crippen LogP contribution is 2.33. The van der Waals surface area contributed by atoms with Crippen molar-refractivity contribution in [1.82, 2.24) is 9.97 Å². The normalized spacial score (nSPS) is 11.5. The van der Waals surface area contributed by atoms with Crippen LogP contribution in [0.2, 0.25) is 15.2 Å². The van der Waals surface area contributed by atoms with E-state index in [2.05, 4.69) is 15.3 Å². The molecule has 1 heterocycles. The molecule has 0 spiro atoms. The second-order valence-electron chi connectivity index (χ2n) is 5.20. The molecule has 3 rings (SSSR count). The van der Waals surface area contributed by atoms with Crippen molar-refractivity contribution in [1.29, 1.82) is 0 Å².